The van der Waals surface area contributed by atoms with Crippen LogP contribution in [0.15, 0.2) is 0 Å². The van der Waals surface area contributed by atoms with Crippen molar-refractivity contribution in [3.05, 3.63) is 0 Å². The van der Waals surface area contributed by atoms with Crippen molar-refractivity contribution in [1.82, 2.24) is 10.2 Å². The summed E-state index contributed by atoms with van der Waals surface area (Å²) in [5.41, 5.74) is 0. The van der Waals surface area contributed by atoms with Gasteiger partial charge in [0.25, 0.3) is 0 Å². The quantitative estimate of drug-likeness (QED) is 0.697. The van der Waals surface area contributed by atoms with Crippen LogP contribution in [0.5, 0.6) is 0 Å². The van der Waals surface area contributed by atoms with Crippen molar-refractivity contribution >= 4 is 0 Å². The topological polar surface area (TPSA) is 24.5 Å². The number of ether oxygens (including phenoxy) is 1. The molecule has 2 bridgehead atoms. The lowest BCUT2D eigenvalue weighted by Gasteiger charge is -2.37. The number of nitrogens with zero attached hydrogens (tertiary/aromatic N) is 1. The van der Waals surface area contributed by atoms with E-state index >= 15 is 0 Å². The summed E-state index contributed by atoms with van der Waals surface area (Å²) in [7, 11) is 0. The van der Waals surface area contributed by atoms with Crippen molar-refractivity contribution in [2.45, 2.75) is 57.8 Å². The van der Waals surface area contributed by atoms with Crippen LogP contribution in [0.1, 0.15) is 39.5 Å². The van der Waals surface area contributed by atoms with Crippen molar-refractivity contribution in [1.29, 1.82) is 0 Å². The van der Waals surface area contributed by atoms with Gasteiger partial charge in [-0.1, -0.05) is 13.8 Å². The summed E-state index contributed by atoms with van der Waals surface area (Å²) in [5, 5.41) is 3.55. The van der Waals surface area contributed by atoms with Crippen molar-refractivity contribution in [2.75, 3.05) is 26.2 Å². The number of hydrogen-bond donors (Lipinski definition) is 1. The van der Waals surface area contributed by atoms with Crippen molar-refractivity contribution in [2.24, 2.45) is 0 Å². The van der Waals surface area contributed by atoms with Gasteiger partial charge in [-0.2, -0.15) is 0 Å². The Kier molecular flexibility index (Phi) is 4.62. The molecule has 3 unspecified atom stereocenters. The van der Waals surface area contributed by atoms with E-state index in [9.17, 15) is 0 Å². The number of likely N-dealkylation sites (tertiary alicyclic amines) is 1. The normalized spacial score (nSPS) is 31.9. The summed E-state index contributed by atoms with van der Waals surface area (Å²) in [6.45, 7) is 9.13. The van der Waals surface area contributed by atoms with Gasteiger partial charge in [0.1, 0.15) is 0 Å². The fraction of sp³-hybridized carbons (Fsp3) is 1.00. The van der Waals surface area contributed by atoms with Gasteiger partial charge in [-0.25, -0.2) is 0 Å². The second-order valence-electron chi connectivity index (χ2n) is 5.18. The fourth-order valence-corrected chi connectivity index (χ4v) is 2.92. The molecule has 2 aliphatic rings. The van der Waals surface area contributed by atoms with Crippen LogP contribution >= 0.6 is 0 Å². The highest BCUT2D eigenvalue weighted by Crippen LogP contribution is 2.27. The first-order chi connectivity index (χ1) is 7.83. The molecule has 2 fully saturated rings. The van der Waals surface area contributed by atoms with Crippen LogP contribution in [0.3, 0.4) is 0 Å². The second-order valence-corrected chi connectivity index (χ2v) is 5.18. The van der Waals surface area contributed by atoms with Gasteiger partial charge in [-0.3, -0.25) is 4.90 Å². The maximum atomic E-state index is 5.89. The molecule has 0 aromatic carbocycles. The summed E-state index contributed by atoms with van der Waals surface area (Å²) in [6, 6.07) is 0.707. The molecule has 2 heterocycles. The largest absolute Gasteiger partial charge is 0.372 e. The van der Waals surface area contributed by atoms with Crippen LogP contribution in [0.2, 0.25) is 0 Å². The number of rotatable bonds is 6. The molecule has 16 heavy (non-hydrogen) atoms. The molecule has 0 aromatic rings. The zero-order valence-electron chi connectivity index (χ0n) is 10.7. The monoisotopic (exact) mass is 226 g/mol. The summed E-state index contributed by atoms with van der Waals surface area (Å²) in [6.07, 6.45) is 6.08. The van der Waals surface area contributed by atoms with Crippen LogP contribution in [-0.2, 0) is 4.74 Å². The first-order valence-corrected chi connectivity index (χ1v) is 6.93. The molecule has 3 heteroatoms. The molecule has 94 valence electrons. The molecule has 2 aliphatic heterocycles. The van der Waals surface area contributed by atoms with Gasteiger partial charge in [0.05, 0.1) is 12.2 Å². The van der Waals surface area contributed by atoms with Crippen LogP contribution < -0.4 is 5.32 Å². The number of hydrogen-bond acceptors (Lipinski definition) is 3. The lowest BCUT2D eigenvalue weighted by molar-refractivity contribution is -0.0528. The van der Waals surface area contributed by atoms with E-state index in [0.29, 0.717) is 18.2 Å². The SMILES string of the molecule is CCCNCC(CC)N1CC2CCC(C1)O2. The molecule has 0 aromatic heterocycles. The predicted octanol–water partition coefficient (Wildman–Crippen LogP) is 1.63. The van der Waals surface area contributed by atoms with Gasteiger partial charge in [-0.05, 0) is 32.2 Å². The third-order valence-electron chi connectivity index (χ3n) is 3.87. The summed E-state index contributed by atoms with van der Waals surface area (Å²) in [5.74, 6) is 0. The molecule has 2 saturated heterocycles. The smallest absolute Gasteiger partial charge is 0.0707 e. The van der Waals surface area contributed by atoms with E-state index in [2.05, 4.69) is 24.1 Å². The molecule has 3 atom stereocenters. The maximum absolute atomic E-state index is 5.89. The Morgan fingerprint density at radius 2 is 1.94 bits per heavy atom. The van der Waals surface area contributed by atoms with Crippen LogP contribution in [0.4, 0.5) is 0 Å². The zero-order chi connectivity index (χ0) is 11.4. The highest BCUT2D eigenvalue weighted by Gasteiger charge is 2.35. The summed E-state index contributed by atoms with van der Waals surface area (Å²) < 4.78 is 5.89. The summed E-state index contributed by atoms with van der Waals surface area (Å²) >= 11 is 0. The molecule has 0 aliphatic carbocycles. The number of nitrogens with one attached hydrogen (secondary N) is 1. The Balaban J connectivity index is 1.79. The minimum atomic E-state index is 0.527. The van der Waals surface area contributed by atoms with Gasteiger partial charge < -0.3 is 10.1 Å². The highest BCUT2D eigenvalue weighted by atomic mass is 16.5. The molecule has 0 radical (unpaired) electrons. The summed E-state index contributed by atoms with van der Waals surface area (Å²) in [4.78, 5) is 2.65. The molecular weight excluding hydrogens is 200 g/mol. The Morgan fingerprint density at radius 3 is 2.50 bits per heavy atom. The van der Waals surface area contributed by atoms with E-state index in [-0.39, 0.29) is 0 Å². The predicted molar refractivity (Wildman–Crippen MR) is 66.7 cm³/mol. The average molecular weight is 226 g/mol. The molecule has 2 rings (SSSR count). The van der Waals surface area contributed by atoms with E-state index in [1.165, 1.54) is 25.7 Å². The Morgan fingerprint density at radius 1 is 1.25 bits per heavy atom. The van der Waals surface area contributed by atoms with Crippen molar-refractivity contribution in [3.63, 3.8) is 0 Å². The van der Waals surface area contributed by atoms with Gasteiger partial charge in [0.2, 0.25) is 0 Å². The highest BCUT2D eigenvalue weighted by molar-refractivity contribution is 4.88. The average Bonchev–Trinajstić information content (AvgIpc) is 2.64. The third-order valence-corrected chi connectivity index (χ3v) is 3.87. The van der Waals surface area contributed by atoms with E-state index in [1.54, 1.807) is 0 Å². The molecule has 0 saturated carbocycles. The van der Waals surface area contributed by atoms with Crippen LogP contribution in [-0.4, -0.2) is 49.3 Å². The molecule has 1 N–H and O–H groups in total. The standard InChI is InChI=1S/C13H26N2O/c1-3-7-14-8-11(4-2)15-9-12-5-6-13(10-15)16-12/h11-14H,3-10H2,1-2H3. The fourth-order valence-electron chi connectivity index (χ4n) is 2.92. The lowest BCUT2D eigenvalue weighted by atomic mass is 10.1. The zero-order valence-corrected chi connectivity index (χ0v) is 10.7. The van der Waals surface area contributed by atoms with E-state index < -0.39 is 0 Å². The van der Waals surface area contributed by atoms with Crippen LogP contribution in [0.25, 0.3) is 0 Å². The number of morpholine rings is 1. The maximum Gasteiger partial charge on any atom is 0.0707 e. The Labute approximate surface area is 99.5 Å². The molecule has 3 nitrogen and oxygen atoms in total. The van der Waals surface area contributed by atoms with Gasteiger partial charge in [-0.15, -0.1) is 0 Å². The van der Waals surface area contributed by atoms with E-state index in [1.807, 2.05) is 0 Å². The van der Waals surface area contributed by atoms with E-state index in [0.717, 1.165) is 26.2 Å². The lowest BCUT2D eigenvalue weighted by Crippen LogP contribution is -2.51. The Hall–Kier alpha value is -0.120. The first kappa shape index (κ1) is 12.3. The minimum absolute atomic E-state index is 0.527. The molecular formula is C13H26N2O. The molecule has 0 amide bonds. The second kappa shape index (κ2) is 5.99. The molecule has 0 spiro atoms. The number of fused-ring (bicyclic) bond motifs is 2. The van der Waals surface area contributed by atoms with Gasteiger partial charge in [0.15, 0.2) is 0 Å². The minimum Gasteiger partial charge on any atom is -0.372 e. The van der Waals surface area contributed by atoms with Gasteiger partial charge >= 0.3 is 0 Å². The van der Waals surface area contributed by atoms with Gasteiger partial charge in [0, 0.05) is 25.7 Å². The van der Waals surface area contributed by atoms with Crippen molar-refractivity contribution in [3.8, 4) is 0 Å². The van der Waals surface area contributed by atoms with Crippen molar-refractivity contribution < 1.29 is 4.74 Å². The van der Waals surface area contributed by atoms with E-state index in [4.69, 9.17) is 4.74 Å². The Bertz CT molecular complexity index is 198. The van der Waals surface area contributed by atoms with Crippen LogP contribution in [0, 0.1) is 0 Å². The third kappa shape index (κ3) is 2.96. The first-order valence-electron chi connectivity index (χ1n) is 6.93.